The highest BCUT2D eigenvalue weighted by Gasteiger charge is 2.44. The van der Waals surface area contributed by atoms with E-state index >= 15 is 0 Å². The highest BCUT2D eigenvalue weighted by molar-refractivity contribution is 5.71. The van der Waals surface area contributed by atoms with Crippen LogP contribution in [0.5, 0.6) is 0 Å². The topological polar surface area (TPSA) is 40.1 Å². The molecule has 0 saturated heterocycles. The lowest BCUT2D eigenvalue weighted by atomic mass is 9.70. The summed E-state index contributed by atoms with van der Waals surface area (Å²) in [7, 11) is 5.89. The van der Waals surface area contributed by atoms with E-state index in [1.165, 1.54) is 19.3 Å². The first kappa shape index (κ1) is 18.4. The smallest absolute Gasteiger partial charge is 0.134 e. The molecule has 0 heterocycles. The number of aliphatic carboxylic acids is 1. The Balaban J connectivity index is 5.05. The van der Waals surface area contributed by atoms with Crippen molar-refractivity contribution in [1.82, 2.24) is 0 Å². The summed E-state index contributed by atoms with van der Waals surface area (Å²) in [5.74, 6) is -0.897. The van der Waals surface area contributed by atoms with Gasteiger partial charge >= 0.3 is 0 Å². The Hall–Kier alpha value is -0.570. The first-order valence-corrected chi connectivity index (χ1v) is 7.77. The third-order valence-corrected chi connectivity index (χ3v) is 4.51. The predicted molar refractivity (Wildman–Crippen MR) is 78.6 cm³/mol. The second-order valence-corrected chi connectivity index (χ2v) is 6.72. The second kappa shape index (κ2) is 7.88. The van der Waals surface area contributed by atoms with Crippen LogP contribution in [0.1, 0.15) is 65.7 Å². The van der Waals surface area contributed by atoms with Crippen molar-refractivity contribution < 1.29 is 14.4 Å². The van der Waals surface area contributed by atoms with Gasteiger partial charge in [-0.05, 0) is 19.3 Å². The van der Waals surface area contributed by atoms with Gasteiger partial charge < -0.3 is 14.4 Å². The number of carboxylic acid groups (broad SMARTS) is 1. The first-order chi connectivity index (χ1) is 8.75. The van der Waals surface area contributed by atoms with Gasteiger partial charge in [0, 0.05) is 5.41 Å². The highest BCUT2D eigenvalue weighted by atomic mass is 16.4. The van der Waals surface area contributed by atoms with Crippen LogP contribution in [0.15, 0.2) is 0 Å². The van der Waals surface area contributed by atoms with E-state index in [9.17, 15) is 9.90 Å². The van der Waals surface area contributed by atoms with Crippen LogP contribution in [0.2, 0.25) is 0 Å². The fourth-order valence-electron chi connectivity index (χ4n) is 3.42. The lowest BCUT2D eigenvalue weighted by Crippen LogP contribution is -2.62. The summed E-state index contributed by atoms with van der Waals surface area (Å²) < 4.78 is 0.442. The molecule has 1 atom stereocenters. The Morgan fingerprint density at radius 3 is 1.89 bits per heavy atom. The average molecular weight is 271 g/mol. The molecule has 1 unspecified atom stereocenters. The minimum absolute atomic E-state index is 0.134. The van der Waals surface area contributed by atoms with Crippen molar-refractivity contribution in [2.75, 3.05) is 21.1 Å². The summed E-state index contributed by atoms with van der Waals surface area (Å²) in [6, 6.07) is -0.427. The molecule has 3 heteroatoms. The summed E-state index contributed by atoms with van der Waals surface area (Å²) >= 11 is 0. The molecule has 0 aliphatic heterocycles. The number of carboxylic acids is 1. The quantitative estimate of drug-likeness (QED) is 0.452. The molecule has 114 valence electrons. The van der Waals surface area contributed by atoms with E-state index < -0.39 is 12.0 Å². The molecule has 0 aromatic carbocycles. The van der Waals surface area contributed by atoms with E-state index in [1.54, 1.807) is 0 Å². The monoisotopic (exact) mass is 271 g/mol. The Morgan fingerprint density at radius 2 is 1.58 bits per heavy atom. The molecule has 0 spiro atoms. The zero-order chi connectivity index (χ0) is 15.1. The van der Waals surface area contributed by atoms with Crippen molar-refractivity contribution >= 4 is 5.97 Å². The Morgan fingerprint density at radius 1 is 1.05 bits per heavy atom. The van der Waals surface area contributed by atoms with Gasteiger partial charge in [-0.1, -0.05) is 46.5 Å². The molecule has 0 aliphatic carbocycles. The normalized spacial score (nSPS) is 14.4. The molecule has 0 radical (unpaired) electrons. The molecule has 19 heavy (non-hydrogen) atoms. The van der Waals surface area contributed by atoms with Crippen molar-refractivity contribution in [1.29, 1.82) is 0 Å². The van der Waals surface area contributed by atoms with Crippen LogP contribution in [0, 0.1) is 5.41 Å². The van der Waals surface area contributed by atoms with E-state index in [0.717, 1.165) is 25.7 Å². The number of nitrogens with zero attached hydrogens (tertiary/aromatic N) is 1. The first-order valence-electron chi connectivity index (χ1n) is 7.77. The molecule has 0 saturated carbocycles. The third kappa shape index (κ3) is 5.13. The van der Waals surface area contributed by atoms with Crippen molar-refractivity contribution in [2.24, 2.45) is 5.41 Å². The van der Waals surface area contributed by atoms with E-state index in [1.807, 2.05) is 21.1 Å². The number of likely N-dealkylation sites (N-methyl/N-ethyl adjacent to an activating group) is 1. The number of quaternary nitrogens is 1. The van der Waals surface area contributed by atoms with Gasteiger partial charge in [-0.25, -0.2) is 0 Å². The lowest BCUT2D eigenvalue weighted by Gasteiger charge is -2.47. The van der Waals surface area contributed by atoms with Gasteiger partial charge in [0.15, 0.2) is 0 Å². The van der Waals surface area contributed by atoms with Crippen molar-refractivity contribution in [3.05, 3.63) is 0 Å². The van der Waals surface area contributed by atoms with Crippen molar-refractivity contribution in [3.63, 3.8) is 0 Å². The maximum absolute atomic E-state index is 11.7. The second-order valence-electron chi connectivity index (χ2n) is 6.72. The van der Waals surface area contributed by atoms with E-state index in [2.05, 4.69) is 20.8 Å². The minimum atomic E-state index is -0.897. The number of hydrogen-bond acceptors (Lipinski definition) is 2. The maximum Gasteiger partial charge on any atom is 0.134 e. The molecule has 0 fully saturated rings. The van der Waals surface area contributed by atoms with Crippen LogP contribution in [-0.2, 0) is 4.79 Å². The zero-order valence-corrected chi connectivity index (χ0v) is 13.8. The number of rotatable bonds is 10. The van der Waals surface area contributed by atoms with Gasteiger partial charge in [0.1, 0.15) is 6.04 Å². The fourth-order valence-corrected chi connectivity index (χ4v) is 3.42. The standard InChI is InChI=1S/C16H33NO2/c1-7-10-11-12-13-16(8-2,9-3)14(15(18)19)17(4,5)6/h14H,7-13H2,1-6H3. The molecule has 0 rings (SSSR count). The van der Waals surface area contributed by atoms with Gasteiger partial charge in [0.05, 0.1) is 27.1 Å². The van der Waals surface area contributed by atoms with Gasteiger partial charge in [0.2, 0.25) is 0 Å². The number of unbranched alkanes of at least 4 members (excludes halogenated alkanes) is 3. The Labute approximate surface area is 119 Å². The van der Waals surface area contributed by atoms with Gasteiger partial charge in [-0.2, -0.15) is 0 Å². The fraction of sp³-hybridized carbons (Fsp3) is 0.938. The number of carbonyl (C=O) groups is 1. The van der Waals surface area contributed by atoms with Crippen LogP contribution in [0.25, 0.3) is 0 Å². The third-order valence-electron chi connectivity index (χ3n) is 4.51. The summed E-state index contributed by atoms with van der Waals surface area (Å²) in [6.07, 6.45) is 7.59. The van der Waals surface area contributed by atoms with Crippen LogP contribution in [-0.4, -0.2) is 37.6 Å². The molecular weight excluding hydrogens is 238 g/mol. The van der Waals surface area contributed by atoms with Crippen molar-refractivity contribution in [3.8, 4) is 0 Å². The minimum Gasteiger partial charge on any atom is -0.544 e. The van der Waals surface area contributed by atoms with Crippen LogP contribution < -0.4 is 5.11 Å². The highest BCUT2D eigenvalue weighted by Crippen LogP contribution is 2.40. The molecule has 0 amide bonds. The number of hydrogen-bond donors (Lipinski definition) is 0. The largest absolute Gasteiger partial charge is 0.544 e. The predicted octanol–water partition coefficient (Wildman–Crippen LogP) is 2.59. The van der Waals surface area contributed by atoms with E-state index in [-0.39, 0.29) is 5.41 Å². The molecule has 3 nitrogen and oxygen atoms in total. The van der Waals surface area contributed by atoms with Crippen LogP contribution in [0.4, 0.5) is 0 Å². The maximum atomic E-state index is 11.7. The van der Waals surface area contributed by atoms with E-state index in [0.29, 0.717) is 4.48 Å². The Kier molecular flexibility index (Phi) is 7.65. The summed E-state index contributed by atoms with van der Waals surface area (Å²) in [6.45, 7) is 6.44. The van der Waals surface area contributed by atoms with E-state index in [4.69, 9.17) is 0 Å². The summed E-state index contributed by atoms with van der Waals surface area (Å²) in [5.41, 5.74) is -0.134. The molecule has 0 aliphatic rings. The van der Waals surface area contributed by atoms with Gasteiger partial charge in [0.25, 0.3) is 0 Å². The molecule has 0 bridgehead atoms. The van der Waals surface area contributed by atoms with Crippen LogP contribution in [0.3, 0.4) is 0 Å². The SMILES string of the molecule is CCCCCCC(CC)(CC)C(C(=O)[O-])[N+](C)(C)C. The molecule has 0 aromatic rings. The van der Waals surface area contributed by atoms with Crippen LogP contribution >= 0.6 is 0 Å². The van der Waals surface area contributed by atoms with Gasteiger partial charge in [-0.3, -0.25) is 0 Å². The summed E-state index contributed by atoms with van der Waals surface area (Å²) in [5, 5.41) is 11.7. The molecule has 0 aromatic heterocycles. The molecule has 0 N–H and O–H groups in total. The number of carbonyl (C=O) groups excluding carboxylic acids is 1. The summed E-state index contributed by atoms with van der Waals surface area (Å²) in [4.78, 5) is 11.7. The lowest BCUT2D eigenvalue weighted by molar-refractivity contribution is -0.897. The Bertz CT molecular complexity index is 264. The van der Waals surface area contributed by atoms with Crippen molar-refractivity contribution in [2.45, 2.75) is 71.8 Å². The zero-order valence-electron chi connectivity index (χ0n) is 13.8. The van der Waals surface area contributed by atoms with Gasteiger partial charge in [-0.15, -0.1) is 0 Å². The molecular formula is C16H33NO2. The average Bonchev–Trinajstić information content (AvgIpc) is 2.30.